The molecule has 1 aliphatic heterocycles. The Labute approximate surface area is 185 Å². The van der Waals surface area contributed by atoms with Crippen LogP contribution in [0.1, 0.15) is 27.7 Å². The molecule has 3 aromatic carbocycles. The lowest BCUT2D eigenvalue weighted by molar-refractivity contribution is 0.0971. The number of ether oxygens (including phenoxy) is 1. The molecule has 0 bridgehead atoms. The molecule has 154 valence electrons. The second-order valence-electron chi connectivity index (χ2n) is 7.19. The Bertz CT molecular complexity index is 1390. The van der Waals surface area contributed by atoms with Crippen LogP contribution in [-0.4, -0.2) is 18.1 Å². The molecule has 5 rings (SSSR count). The summed E-state index contributed by atoms with van der Waals surface area (Å²) in [7, 11) is 1.55. The number of nitrogens with zero attached hydrogens (tertiary/aromatic N) is 1. The maximum atomic E-state index is 13.5. The number of anilines is 1. The second kappa shape index (κ2) is 7.28. The van der Waals surface area contributed by atoms with Crippen molar-refractivity contribution in [3.8, 4) is 11.5 Å². The van der Waals surface area contributed by atoms with Gasteiger partial charge in [0, 0.05) is 16.2 Å². The Balaban J connectivity index is 1.81. The molecule has 0 saturated carbocycles. The van der Waals surface area contributed by atoms with E-state index in [1.165, 1.54) is 17.0 Å². The smallest absolute Gasteiger partial charge is 0.295 e. The van der Waals surface area contributed by atoms with E-state index < -0.39 is 11.9 Å². The van der Waals surface area contributed by atoms with E-state index in [0.717, 1.165) is 4.47 Å². The zero-order valence-corrected chi connectivity index (χ0v) is 17.9. The molecular formula is C24H16BrNO5. The monoisotopic (exact) mass is 477 g/mol. The highest BCUT2D eigenvalue weighted by atomic mass is 79.9. The fraction of sp³-hybridized carbons (Fsp3) is 0.0833. The minimum atomic E-state index is -0.713. The lowest BCUT2D eigenvalue weighted by atomic mass is 9.98. The highest BCUT2D eigenvalue weighted by Crippen LogP contribution is 2.42. The molecule has 0 radical (unpaired) electrons. The van der Waals surface area contributed by atoms with Crippen LogP contribution in [0.5, 0.6) is 11.5 Å². The summed E-state index contributed by atoms with van der Waals surface area (Å²) < 4.78 is 12.0. The van der Waals surface area contributed by atoms with E-state index in [0.29, 0.717) is 28.0 Å². The van der Waals surface area contributed by atoms with Crippen LogP contribution in [0.15, 0.2) is 80.4 Å². The number of hydrogen-bond acceptors (Lipinski definition) is 5. The molecule has 1 unspecified atom stereocenters. The van der Waals surface area contributed by atoms with Crippen molar-refractivity contribution in [3.05, 3.63) is 98.3 Å². The molecule has 7 heteroatoms. The van der Waals surface area contributed by atoms with Gasteiger partial charge >= 0.3 is 0 Å². The van der Waals surface area contributed by atoms with E-state index in [4.69, 9.17) is 9.15 Å². The van der Waals surface area contributed by atoms with Crippen LogP contribution in [0.25, 0.3) is 11.0 Å². The van der Waals surface area contributed by atoms with Crippen LogP contribution in [0.2, 0.25) is 0 Å². The number of benzene rings is 3. The number of aromatic hydroxyl groups is 1. The van der Waals surface area contributed by atoms with Crippen molar-refractivity contribution < 1.29 is 19.1 Å². The summed E-state index contributed by atoms with van der Waals surface area (Å²) in [5.41, 5.74) is 1.59. The van der Waals surface area contributed by atoms with Crippen LogP contribution in [0, 0.1) is 0 Å². The van der Waals surface area contributed by atoms with Crippen molar-refractivity contribution in [1.29, 1.82) is 0 Å². The fourth-order valence-corrected chi connectivity index (χ4v) is 4.30. The molecule has 0 aliphatic carbocycles. The van der Waals surface area contributed by atoms with Crippen molar-refractivity contribution in [1.82, 2.24) is 0 Å². The van der Waals surface area contributed by atoms with Gasteiger partial charge in [0.05, 0.1) is 24.1 Å². The van der Waals surface area contributed by atoms with E-state index in [9.17, 15) is 14.7 Å². The average molecular weight is 478 g/mol. The SMILES string of the molecule is COc1cccc(N2C(=O)c3oc4ccc(Br)cc4c(=O)c3C2c2ccc(O)cc2)c1. The predicted molar refractivity (Wildman–Crippen MR) is 120 cm³/mol. The van der Waals surface area contributed by atoms with E-state index >= 15 is 0 Å². The zero-order chi connectivity index (χ0) is 21.7. The highest BCUT2D eigenvalue weighted by Gasteiger charge is 2.43. The van der Waals surface area contributed by atoms with Gasteiger partial charge in [0.1, 0.15) is 17.1 Å². The number of phenols is 1. The summed E-state index contributed by atoms with van der Waals surface area (Å²) in [6.45, 7) is 0. The molecule has 31 heavy (non-hydrogen) atoms. The number of methoxy groups -OCH3 is 1. The van der Waals surface area contributed by atoms with Crippen molar-refractivity contribution in [2.24, 2.45) is 0 Å². The van der Waals surface area contributed by atoms with Crippen LogP contribution in [0.3, 0.4) is 0 Å². The maximum absolute atomic E-state index is 13.5. The predicted octanol–water partition coefficient (Wildman–Crippen LogP) is 5.02. The first-order valence-electron chi connectivity index (χ1n) is 9.50. The van der Waals surface area contributed by atoms with Gasteiger partial charge in [-0.1, -0.05) is 34.1 Å². The number of fused-ring (bicyclic) bond motifs is 2. The van der Waals surface area contributed by atoms with E-state index in [1.807, 2.05) is 0 Å². The van der Waals surface area contributed by atoms with E-state index in [-0.39, 0.29) is 22.5 Å². The topological polar surface area (TPSA) is 80.0 Å². The summed E-state index contributed by atoms with van der Waals surface area (Å²) in [5.74, 6) is 0.277. The molecule has 4 aromatic rings. The zero-order valence-electron chi connectivity index (χ0n) is 16.3. The Kier molecular flexibility index (Phi) is 4.55. The molecular weight excluding hydrogens is 462 g/mol. The molecule has 6 nitrogen and oxygen atoms in total. The van der Waals surface area contributed by atoms with Gasteiger partial charge in [-0.15, -0.1) is 0 Å². The third kappa shape index (κ3) is 3.09. The lowest BCUT2D eigenvalue weighted by Crippen LogP contribution is -2.29. The van der Waals surface area contributed by atoms with Gasteiger partial charge in [0.15, 0.2) is 5.43 Å². The molecule has 1 N–H and O–H groups in total. The molecule has 0 saturated heterocycles. The van der Waals surface area contributed by atoms with Crippen molar-refractivity contribution in [2.75, 3.05) is 12.0 Å². The number of rotatable bonds is 3. The maximum Gasteiger partial charge on any atom is 0.295 e. The third-order valence-electron chi connectivity index (χ3n) is 5.37. The second-order valence-corrected chi connectivity index (χ2v) is 8.10. The van der Waals surface area contributed by atoms with Gasteiger partial charge in [0.25, 0.3) is 5.91 Å². The summed E-state index contributed by atoms with van der Waals surface area (Å²) >= 11 is 3.39. The quantitative estimate of drug-likeness (QED) is 0.448. The molecule has 1 atom stereocenters. The summed E-state index contributed by atoms with van der Waals surface area (Å²) in [5, 5.41) is 10.1. The van der Waals surface area contributed by atoms with Crippen molar-refractivity contribution >= 4 is 38.5 Å². The third-order valence-corrected chi connectivity index (χ3v) is 5.87. The van der Waals surface area contributed by atoms with Gasteiger partial charge in [-0.2, -0.15) is 0 Å². The number of phenolic OH excluding ortho intramolecular Hbond substituents is 1. The largest absolute Gasteiger partial charge is 0.508 e. The average Bonchev–Trinajstić information content (AvgIpc) is 3.07. The van der Waals surface area contributed by atoms with Gasteiger partial charge in [-0.05, 0) is 48.0 Å². The Morgan fingerprint density at radius 1 is 1.03 bits per heavy atom. The first-order chi connectivity index (χ1) is 15.0. The number of carbonyl (C=O) groups excluding carboxylic acids is 1. The molecule has 1 amide bonds. The lowest BCUT2D eigenvalue weighted by Gasteiger charge is -2.25. The highest BCUT2D eigenvalue weighted by molar-refractivity contribution is 9.10. The first kappa shape index (κ1) is 19.4. The molecule has 1 aromatic heterocycles. The molecule has 1 aliphatic rings. The summed E-state index contributed by atoms with van der Waals surface area (Å²) in [4.78, 5) is 28.6. The fourth-order valence-electron chi connectivity index (χ4n) is 3.94. The van der Waals surface area contributed by atoms with Crippen LogP contribution in [0.4, 0.5) is 5.69 Å². The minimum Gasteiger partial charge on any atom is -0.508 e. The van der Waals surface area contributed by atoms with Crippen LogP contribution < -0.4 is 15.1 Å². The Hall–Kier alpha value is -3.58. The normalized spacial score (nSPS) is 15.4. The van der Waals surface area contributed by atoms with Crippen molar-refractivity contribution in [2.45, 2.75) is 6.04 Å². The molecule has 0 fully saturated rings. The van der Waals surface area contributed by atoms with Gasteiger partial charge in [0.2, 0.25) is 5.76 Å². The van der Waals surface area contributed by atoms with Gasteiger partial charge in [-0.3, -0.25) is 14.5 Å². The number of amides is 1. The molecule has 0 spiro atoms. The van der Waals surface area contributed by atoms with Crippen LogP contribution in [-0.2, 0) is 0 Å². The number of carbonyl (C=O) groups is 1. The van der Waals surface area contributed by atoms with Crippen LogP contribution >= 0.6 is 15.9 Å². The van der Waals surface area contributed by atoms with E-state index in [2.05, 4.69) is 15.9 Å². The summed E-state index contributed by atoms with van der Waals surface area (Å²) in [6.07, 6.45) is 0. The number of hydrogen-bond donors (Lipinski definition) is 1. The first-order valence-corrected chi connectivity index (χ1v) is 10.3. The summed E-state index contributed by atoms with van der Waals surface area (Å²) in [6, 6.07) is 17.9. The molecule has 2 heterocycles. The Morgan fingerprint density at radius 2 is 1.81 bits per heavy atom. The standard InChI is InChI=1S/C24H16BrNO5/c1-30-17-4-2-3-15(12-17)26-21(13-5-8-16(27)9-6-13)20-22(28)18-11-14(25)7-10-19(18)31-23(20)24(26)29/h2-12,21,27H,1H3. The van der Waals surface area contributed by atoms with Crippen molar-refractivity contribution in [3.63, 3.8) is 0 Å². The Morgan fingerprint density at radius 3 is 2.55 bits per heavy atom. The number of halogens is 1. The van der Waals surface area contributed by atoms with Gasteiger partial charge < -0.3 is 14.3 Å². The van der Waals surface area contributed by atoms with Gasteiger partial charge in [-0.25, -0.2) is 0 Å². The minimum absolute atomic E-state index is 0.0146. The van der Waals surface area contributed by atoms with E-state index in [1.54, 1.807) is 61.7 Å².